The Bertz CT molecular complexity index is 654. The molecule has 1 aromatic carbocycles. The number of carbonyl (C=O) groups excluding carboxylic acids is 1. The molecule has 0 atom stereocenters. The Balaban J connectivity index is 2.52. The number of pyridine rings is 1. The van der Waals surface area contributed by atoms with Crippen LogP contribution in [0.4, 0.5) is 0 Å². The van der Waals surface area contributed by atoms with Crippen molar-refractivity contribution in [1.29, 1.82) is 0 Å². The molecule has 3 N–H and O–H groups in total. The van der Waals surface area contributed by atoms with E-state index in [-0.39, 0.29) is 5.91 Å². The minimum Gasteiger partial charge on any atom is -0.496 e. The number of hydrogen-bond acceptors (Lipinski definition) is 4. The molecule has 1 amide bonds. The van der Waals surface area contributed by atoms with Crippen LogP contribution in [0.1, 0.15) is 21.6 Å². The molecule has 5 heteroatoms. The number of nitrogens with one attached hydrogen (secondary N) is 1. The summed E-state index contributed by atoms with van der Waals surface area (Å²) < 4.78 is 5.35. The van der Waals surface area contributed by atoms with Crippen molar-refractivity contribution in [1.82, 2.24) is 10.4 Å². The lowest BCUT2D eigenvalue weighted by molar-refractivity contribution is 0.0952. The van der Waals surface area contributed by atoms with Crippen LogP contribution in [0.25, 0.3) is 11.3 Å². The molecule has 20 heavy (non-hydrogen) atoms. The van der Waals surface area contributed by atoms with Crippen molar-refractivity contribution >= 4 is 5.91 Å². The predicted octanol–water partition coefficient (Wildman–Crippen LogP) is 1.98. The minimum atomic E-state index is -0.349. The van der Waals surface area contributed by atoms with Crippen LogP contribution in [0.2, 0.25) is 0 Å². The number of aromatic nitrogens is 1. The van der Waals surface area contributed by atoms with Crippen LogP contribution in [-0.2, 0) is 0 Å². The third kappa shape index (κ3) is 2.62. The van der Waals surface area contributed by atoms with Crippen LogP contribution in [0, 0.1) is 13.8 Å². The fraction of sp³-hybridized carbons (Fsp3) is 0.200. The van der Waals surface area contributed by atoms with E-state index in [1.54, 1.807) is 26.2 Å². The van der Waals surface area contributed by atoms with Crippen LogP contribution >= 0.6 is 0 Å². The maximum Gasteiger partial charge on any atom is 0.267 e. The van der Waals surface area contributed by atoms with E-state index < -0.39 is 0 Å². The Kier molecular flexibility index (Phi) is 4.00. The molecule has 2 rings (SSSR count). The highest BCUT2D eigenvalue weighted by Crippen LogP contribution is 2.30. The topological polar surface area (TPSA) is 77.2 Å². The maximum atomic E-state index is 11.6. The molecule has 0 fully saturated rings. The molecule has 2 aromatic rings. The first-order valence-electron chi connectivity index (χ1n) is 6.20. The Morgan fingerprint density at radius 2 is 2.00 bits per heavy atom. The Morgan fingerprint density at radius 1 is 1.25 bits per heavy atom. The van der Waals surface area contributed by atoms with E-state index in [1.165, 1.54) is 0 Å². The second kappa shape index (κ2) is 5.71. The van der Waals surface area contributed by atoms with Gasteiger partial charge in [-0.25, -0.2) is 5.84 Å². The van der Waals surface area contributed by atoms with Gasteiger partial charge in [0.25, 0.3) is 5.91 Å². The monoisotopic (exact) mass is 271 g/mol. The zero-order valence-corrected chi connectivity index (χ0v) is 11.7. The molecule has 104 valence electrons. The van der Waals surface area contributed by atoms with Gasteiger partial charge < -0.3 is 4.74 Å². The highest BCUT2D eigenvalue weighted by Gasteiger charge is 2.12. The number of carbonyl (C=O) groups is 1. The van der Waals surface area contributed by atoms with Gasteiger partial charge in [-0.15, -0.1) is 0 Å². The van der Waals surface area contributed by atoms with Crippen molar-refractivity contribution in [3.8, 4) is 17.0 Å². The molecule has 0 unspecified atom stereocenters. The predicted molar refractivity (Wildman–Crippen MR) is 77.4 cm³/mol. The molecule has 0 radical (unpaired) electrons. The number of ether oxygens (including phenoxy) is 1. The van der Waals surface area contributed by atoms with Gasteiger partial charge in [0.2, 0.25) is 0 Å². The number of hydrogen-bond donors (Lipinski definition) is 2. The van der Waals surface area contributed by atoms with E-state index in [0.29, 0.717) is 11.3 Å². The fourth-order valence-corrected chi connectivity index (χ4v) is 2.05. The van der Waals surface area contributed by atoms with Crippen molar-refractivity contribution in [2.75, 3.05) is 7.11 Å². The summed E-state index contributed by atoms with van der Waals surface area (Å²) in [5.41, 5.74) is 5.96. The Morgan fingerprint density at radius 3 is 2.60 bits per heavy atom. The third-order valence-corrected chi connectivity index (χ3v) is 3.09. The number of aryl methyl sites for hydroxylation is 2. The van der Waals surface area contributed by atoms with Crippen LogP contribution in [0.15, 0.2) is 30.3 Å². The number of benzene rings is 1. The lowest BCUT2D eigenvalue weighted by Crippen LogP contribution is -2.30. The molecule has 0 aliphatic carbocycles. The number of amides is 1. The first kappa shape index (κ1) is 14.0. The van der Waals surface area contributed by atoms with E-state index in [0.717, 1.165) is 22.6 Å². The average Bonchev–Trinajstić information content (AvgIpc) is 2.46. The van der Waals surface area contributed by atoms with Gasteiger partial charge in [-0.05, 0) is 38.1 Å². The van der Waals surface area contributed by atoms with E-state index in [2.05, 4.69) is 10.4 Å². The first-order valence-corrected chi connectivity index (χ1v) is 6.20. The van der Waals surface area contributed by atoms with Gasteiger partial charge in [-0.2, -0.15) is 0 Å². The van der Waals surface area contributed by atoms with Crippen molar-refractivity contribution in [3.05, 3.63) is 47.2 Å². The summed E-state index contributed by atoms with van der Waals surface area (Å²) in [5, 5.41) is 0. The lowest BCUT2D eigenvalue weighted by Gasteiger charge is -2.11. The highest BCUT2D eigenvalue weighted by atomic mass is 16.5. The zero-order chi connectivity index (χ0) is 14.7. The lowest BCUT2D eigenvalue weighted by atomic mass is 10.0. The smallest absolute Gasteiger partial charge is 0.267 e. The number of hydrazine groups is 1. The SMILES string of the molecule is COc1ccc(C)cc1-c1ccc(C(=O)NN)c(C)n1. The summed E-state index contributed by atoms with van der Waals surface area (Å²) in [6, 6.07) is 9.38. The van der Waals surface area contributed by atoms with Crippen molar-refractivity contribution in [2.24, 2.45) is 5.84 Å². The van der Waals surface area contributed by atoms with E-state index in [1.807, 2.05) is 25.1 Å². The van der Waals surface area contributed by atoms with Crippen LogP contribution in [0.3, 0.4) is 0 Å². The minimum absolute atomic E-state index is 0.349. The molecular weight excluding hydrogens is 254 g/mol. The molecule has 0 aliphatic rings. The first-order chi connectivity index (χ1) is 9.56. The van der Waals surface area contributed by atoms with Crippen LogP contribution in [-0.4, -0.2) is 18.0 Å². The summed E-state index contributed by atoms with van der Waals surface area (Å²) in [6.07, 6.45) is 0. The van der Waals surface area contributed by atoms with Crippen molar-refractivity contribution < 1.29 is 9.53 Å². The van der Waals surface area contributed by atoms with Crippen molar-refractivity contribution in [3.63, 3.8) is 0 Å². The standard InChI is InChI=1S/C15H17N3O2/c1-9-4-7-14(20-3)12(8-9)13-6-5-11(10(2)17-13)15(19)18-16/h4-8H,16H2,1-3H3,(H,18,19). The number of rotatable bonds is 3. The molecular formula is C15H17N3O2. The summed E-state index contributed by atoms with van der Waals surface area (Å²) in [6.45, 7) is 3.78. The average molecular weight is 271 g/mol. The molecule has 0 saturated carbocycles. The molecule has 1 heterocycles. The maximum absolute atomic E-state index is 11.6. The Hall–Kier alpha value is -2.40. The van der Waals surface area contributed by atoms with Gasteiger partial charge in [0.05, 0.1) is 24.1 Å². The van der Waals surface area contributed by atoms with E-state index in [4.69, 9.17) is 10.6 Å². The van der Waals surface area contributed by atoms with Crippen LogP contribution in [0.5, 0.6) is 5.75 Å². The fourth-order valence-electron chi connectivity index (χ4n) is 2.05. The number of nitrogens with zero attached hydrogens (tertiary/aromatic N) is 1. The van der Waals surface area contributed by atoms with E-state index in [9.17, 15) is 4.79 Å². The zero-order valence-electron chi connectivity index (χ0n) is 11.7. The molecule has 0 aliphatic heterocycles. The highest BCUT2D eigenvalue weighted by molar-refractivity contribution is 5.95. The summed E-state index contributed by atoms with van der Waals surface area (Å²) >= 11 is 0. The number of nitrogens with two attached hydrogens (primary N) is 1. The van der Waals surface area contributed by atoms with Gasteiger partial charge in [0.1, 0.15) is 5.75 Å². The molecule has 1 aromatic heterocycles. The molecule has 5 nitrogen and oxygen atoms in total. The summed E-state index contributed by atoms with van der Waals surface area (Å²) in [7, 11) is 1.62. The van der Waals surface area contributed by atoms with Crippen molar-refractivity contribution in [2.45, 2.75) is 13.8 Å². The van der Waals surface area contributed by atoms with Gasteiger partial charge in [0, 0.05) is 5.56 Å². The quantitative estimate of drug-likeness (QED) is 0.508. The summed E-state index contributed by atoms with van der Waals surface area (Å²) in [4.78, 5) is 16.0. The van der Waals surface area contributed by atoms with Gasteiger partial charge >= 0.3 is 0 Å². The second-order valence-corrected chi connectivity index (χ2v) is 4.51. The van der Waals surface area contributed by atoms with Gasteiger partial charge in [-0.3, -0.25) is 15.2 Å². The third-order valence-electron chi connectivity index (χ3n) is 3.09. The normalized spacial score (nSPS) is 10.2. The largest absolute Gasteiger partial charge is 0.496 e. The van der Waals surface area contributed by atoms with E-state index >= 15 is 0 Å². The molecule has 0 spiro atoms. The van der Waals surface area contributed by atoms with Gasteiger partial charge in [0.15, 0.2) is 0 Å². The Labute approximate surface area is 117 Å². The van der Waals surface area contributed by atoms with Crippen LogP contribution < -0.4 is 16.0 Å². The second-order valence-electron chi connectivity index (χ2n) is 4.51. The number of methoxy groups -OCH3 is 1. The molecule has 0 bridgehead atoms. The van der Waals surface area contributed by atoms with Gasteiger partial charge in [-0.1, -0.05) is 11.6 Å². The number of nitrogen functional groups attached to an aromatic ring is 1. The summed E-state index contributed by atoms with van der Waals surface area (Å²) in [5.74, 6) is 5.54. The molecule has 0 saturated heterocycles.